The van der Waals surface area contributed by atoms with Crippen molar-refractivity contribution in [3.05, 3.63) is 39.9 Å². The molecule has 0 aliphatic carbocycles. The first-order valence-electron chi connectivity index (χ1n) is 5.65. The summed E-state index contributed by atoms with van der Waals surface area (Å²) in [4.78, 5) is 31.8. The molecule has 1 aromatic carbocycles. The fourth-order valence-electron chi connectivity index (χ4n) is 1.38. The van der Waals surface area contributed by atoms with Crippen molar-refractivity contribution in [3.63, 3.8) is 0 Å². The van der Waals surface area contributed by atoms with Crippen LogP contribution in [-0.2, 0) is 16.0 Å². The zero-order chi connectivity index (χ0) is 14.4. The van der Waals surface area contributed by atoms with Gasteiger partial charge in [-0.05, 0) is 18.9 Å². The molecule has 0 radical (unpaired) electrons. The number of carboxylic acid groups (broad SMARTS) is 1. The summed E-state index contributed by atoms with van der Waals surface area (Å²) in [5.74, 6) is -2.81. The van der Waals surface area contributed by atoms with E-state index in [0.717, 1.165) is 5.56 Å². The number of benzene rings is 1. The van der Waals surface area contributed by atoms with Crippen molar-refractivity contribution >= 4 is 17.6 Å². The fourth-order valence-corrected chi connectivity index (χ4v) is 1.38. The molecule has 0 spiro atoms. The van der Waals surface area contributed by atoms with Gasteiger partial charge in [0.2, 0.25) is 5.91 Å². The molecule has 1 aromatic rings. The highest BCUT2D eigenvalue weighted by Gasteiger charge is 2.19. The Balaban J connectivity index is 2.43. The van der Waals surface area contributed by atoms with E-state index < -0.39 is 22.7 Å². The topological polar surface area (TPSA) is 110 Å². The zero-order valence-electron chi connectivity index (χ0n) is 10.3. The third kappa shape index (κ3) is 4.38. The van der Waals surface area contributed by atoms with Crippen LogP contribution < -0.4 is 5.32 Å². The van der Waals surface area contributed by atoms with Crippen molar-refractivity contribution in [2.75, 3.05) is 6.54 Å². The van der Waals surface area contributed by atoms with E-state index in [1.165, 1.54) is 19.1 Å². The van der Waals surface area contributed by atoms with Gasteiger partial charge in [-0.1, -0.05) is 12.1 Å². The highest BCUT2D eigenvalue weighted by atomic mass is 16.6. The lowest BCUT2D eigenvalue weighted by atomic mass is 10.1. The molecule has 1 atom stereocenters. The number of hydrogen-bond acceptors (Lipinski definition) is 4. The van der Waals surface area contributed by atoms with Gasteiger partial charge in [0, 0.05) is 18.7 Å². The minimum Gasteiger partial charge on any atom is -0.481 e. The summed E-state index contributed by atoms with van der Waals surface area (Å²) in [5.41, 5.74) is 0.834. The van der Waals surface area contributed by atoms with Crippen LogP contribution in [0.1, 0.15) is 12.5 Å². The average Bonchev–Trinajstić information content (AvgIpc) is 2.38. The number of hydrogen-bond donors (Lipinski definition) is 2. The van der Waals surface area contributed by atoms with Gasteiger partial charge >= 0.3 is 5.97 Å². The SMILES string of the molecule is CC(C(=O)O)C(=O)NCCc1ccc([N+](=O)[O-])cc1. The van der Waals surface area contributed by atoms with Crippen LogP contribution >= 0.6 is 0 Å². The highest BCUT2D eigenvalue weighted by molar-refractivity contribution is 5.96. The molecule has 1 rings (SSSR count). The Labute approximate surface area is 109 Å². The van der Waals surface area contributed by atoms with Gasteiger partial charge in [-0.3, -0.25) is 19.7 Å². The smallest absolute Gasteiger partial charge is 0.315 e. The molecule has 0 fully saturated rings. The molecule has 0 saturated heterocycles. The van der Waals surface area contributed by atoms with Gasteiger partial charge in [-0.2, -0.15) is 0 Å². The van der Waals surface area contributed by atoms with Crippen LogP contribution in [0.2, 0.25) is 0 Å². The number of carbonyl (C=O) groups is 2. The summed E-state index contributed by atoms with van der Waals surface area (Å²) in [6.07, 6.45) is 0.482. The average molecular weight is 266 g/mol. The number of carbonyl (C=O) groups excluding carboxylic acids is 1. The van der Waals surface area contributed by atoms with Crippen molar-refractivity contribution in [1.82, 2.24) is 5.32 Å². The van der Waals surface area contributed by atoms with E-state index in [0.29, 0.717) is 6.42 Å². The number of rotatable bonds is 6. The van der Waals surface area contributed by atoms with E-state index in [1.807, 2.05) is 0 Å². The molecular weight excluding hydrogens is 252 g/mol. The lowest BCUT2D eigenvalue weighted by Gasteiger charge is -2.08. The fraction of sp³-hybridized carbons (Fsp3) is 0.333. The molecular formula is C12H14N2O5. The minimum atomic E-state index is -1.17. The summed E-state index contributed by atoms with van der Waals surface area (Å²) in [6, 6.07) is 5.98. The number of amides is 1. The maximum absolute atomic E-state index is 11.3. The first-order valence-corrected chi connectivity index (χ1v) is 5.65. The maximum Gasteiger partial charge on any atom is 0.315 e. The largest absolute Gasteiger partial charge is 0.481 e. The van der Waals surface area contributed by atoms with E-state index in [4.69, 9.17) is 5.11 Å². The summed E-state index contributed by atoms with van der Waals surface area (Å²) < 4.78 is 0. The summed E-state index contributed by atoms with van der Waals surface area (Å²) in [5, 5.41) is 21.6. The van der Waals surface area contributed by atoms with Gasteiger partial charge in [-0.25, -0.2) is 0 Å². The Kier molecular flexibility index (Phi) is 4.99. The van der Waals surface area contributed by atoms with Gasteiger partial charge in [0.25, 0.3) is 5.69 Å². The molecule has 0 aliphatic heterocycles. The third-order valence-electron chi connectivity index (χ3n) is 2.62. The molecule has 2 N–H and O–H groups in total. The molecule has 19 heavy (non-hydrogen) atoms. The number of non-ortho nitro benzene ring substituents is 1. The molecule has 0 bridgehead atoms. The van der Waals surface area contributed by atoms with Crippen LogP contribution in [-0.4, -0.2) is 28.5 Å². The Morgan fingerprint density at radius 2 is 1.95 bits per heavy atom. The Morgan fingerprint density at radius 3 is 2.42 bits per heavy atom. The van der Waals surface area contributed by atoms with Gasteiger partial charge < -0.3 is 10.4 Å². The molecule has 0 aromatic heterocycles. The molecule has 0 saturated carbocycles. The standard InChI is InChI=1S/C12H14N2O5/c1-8(12(16)17)11(15)13-7-6-9-2-4-10(5-3-9)14(18)19/h2-5,8H,6-7H2,1H3,(H,13,15)(H,16,17). The molecule has 7 heteroatoms. The van der Waals surface area contributed by atoms with Crippen molar-refractivity contribution in [3.8, 4) is 0 Å². The Morgan fingerprint density at radius 1 is 1.37 bits per heavy atom. The predicted molar refractivity (Wildman–Crippen MR) is 66.6 cm³/mol. The van der Waals surface area contributed by atoms with E-state index in [1.54, 1.807) is 12.1 Å². The second-order valence-corrected chi connectivity index (χ2v) is 4.02. The third-order valence-corrected chi connectivity index (χ3v) is 2.62. The lowest BCUT2D eigenvalue weighted by Crippen LogP contribution is -2.34. The quantitative estimate of drug-likeness (QED) is 0.453. The summed E-state index contributed by atoms with van der Waals surface area (Å²) in [6.45, 7) is 1.60. The first kappa shape index (κ1) is 14.6. The number of carboxylic acids is 1. The van der Waals surface area contributed by atoms with Crippen molar-refractivity contribution in [2.24, 2.45) is 5.92 Å². The molecule has 1 unspecified atom stereocenters. The van der Waals surface area contributed by atoms with Crippen LogP contribution in [0.25, 0.3) is 0 Å². The van der Waals surface area contributed by atoms with E-state index >= 15 is 0 Å². The second kappa shape index (κ2) is 6.48. The molecule has 0 aliphatic rings. The number of nitrogens with one attached hydrogen (secondary N) is 1. The van der Waals surface area contributed by atoms with Gasteiger partial charge in [-0.15, -0.1) is 0 Å². The number of aliphatic carboxylic acids is 1. The van der Waals surface area contributed by atoms with Crippen molar-refractivity contribution in [2.45, 2.75) is 13.3 Å². The normalized spacial score (nSPS) is 11.6. The predicted octanol–water partition coefficient (Wildman–Crippen LogP) is 0.974. The Bertz CT molecular complexity index is 483. The summed E-state index contributed by atoms with van der Waals surface area (Å²) >= 11 is 0. The van der Waals surface area contributed by atoms with Crippen LogP contribution in [0.4, 0.5) is 5.69 Å². The maximum atomic E-state index is 11.3. The van der Waals surface area contributed by atoms with Gasteiger partial charge in [0.1, 0.15) is 5.92 Å². The van der Waals surface area contributed by atoms with Crippen molar-refractivity contribution in [1.29, 1.82) is 0 Å². The highest BCUT2D eigenvalue weighted by Crippen LogP contribution is 2.11. The molecule has 7 nitrogen and oxygen atoms in total. The number of nitro benzene ring substituents is 1. The van der Waals surface area contributed by atoms with Gasteiger partial charge in [0.05, 0.1) is 4.92 Å². The summed E-state index contributed by atoms with van der Waals surface area (Å²) in [7, 11) is 0. The molecule has 1 amide bonds. The van der Waals surface area contributed by atoms with Crippen LogP contribution in [0.5, 0.6) is 0 Å². The van der Waals surface area contributed by atoms with Gasteiger partial charge in [0.15, 0.2) is 0 Å². The van der Waals surface area contributed by atoms with E-state index in [-0.39, 0.29) is 12.2 Å². The number of nitro groups is 1. The zero-order valence-corrected chi connectivity index (χ0v) is 10.3. The van der Waals surface area contributed by atoms with E-state index in [9.17, 15) is 19.7 Å². The van der Waals surface area contributed by atoms with Crippen LogP contribution in [0, 0.1) is 16.0 Å². The Hall–Kier alpha value is -2.44. The van der Waals surface area contributed by atoms with Crippen LogP contribution in [0.15, 0.2) is 24.3 Å². The van der Waals surface area contributed by atoms with Crippen LogP contribution in [0.3, 0.4) is 0 Å². The molecule has 102 valence electrons. The molecule has 0 heterocycles. The lowest BCUT2D eigenvalue weighted by molar-refractivity contribution is -0.384. The van der Waals surface area contributed by atoms with E-state index in [2.05, 4.69) is 5.32 Å². The number of nitrogens with zero attached hydrogens (tertiary/aromatic N) is 1. The first-order chi connectivity index (χ1) is 8.91. The second-order valence-electron chi connectivity index (χ2n) is 4.02. The monoisotopic (exact) mass is 266 g/mol. The minimum absolute atomic E-state index is 0.00675. The van der Waals surface area contributed by atoms with Crippen molar-refractivity contribution < 1.29 is 19.6 Å².